The van der Waals surface area contributed by atoms with E-state index in [1.54, 1.807) is 0 Å². The van der Waals surface area contributed by atoms with Gasteiger partial charge in [0.2, 0.25) is 5.91 Å². The topological polar surface area (TPSA) is 56.8 Å². The number of hydrogen-bond acceptors (Lipinski definition) is 4. The van der Waals surface area contributed by atoms with E-state index in [4.69, 9.17) is 13.3 Å². The van der Waals surface area contributed by atoms with Crippen LogP contribution in [0.25, 0.3) is 0 Å². The van der Waals surface area contributed by atoms with Gasteiger partial charge in [-0.3, -0.25) is 4.79 Å². The Morgan fingerprint density at radius 2 is 1.53 bits per heavy atom. The third kappa shape index (κ3) is 6.86. The van der Waals surface area contributed by atoms with Crippen molar-refractivity contribution in [1.82, 2.24) is 4.98 Å². The van der Waals surface area contributed by atoms with Crippen LogP contribution in [0.15, 0.2) is 12.2 Å². The van der Waals surface area contributed by atoms with Crippen molar-refractivity contribution in [2.75, 3.05) is 19.8 Å². The van der Waals surface area contributed by atoms with Gasteiger partial charge in [0.1, 0.15) is 0 Å². The summed E-state index contributed by atoms with van der Waals surface area (Å²) in [4.78, 5) is 14.8. The Bertz CT molecular complexity index is 267. The summed E-state index contributed by atoms with van der Waals surface area (Å²) in [5, 5.41) is 0. The minimum atomic E-state index is -3.12. The fourth-order valence-electron chi connectivity index (χ4n) is 1.53. The molecular weight excluding hydrogens is 262 g/mol. The molecule has 0 saturated heterocycles. The van der Waals surface area contributed by atoms with Crippen molar-refractivity contribution in [1.29, 1.82) is 0 Å². The van der Waals surface area contributed by atoms with Crippen LogP contribution >= 0.6 is 0 Å². The number of carbonyl (C=O) groups excluding carboxylic acids is 1. The SMILES string of the molecule is C=C(CCCC)C(=O)N[Si](OCC)(OCC)OCC. The molecule has 19 heavy (non-hydrogen) atoms. The summed E-state index contributed by atoms with van der Waals surface area (Å²) >= 11 is 0. The predicted octanol–water partition coefficient (Wildman–Crippen LogP) is 2.39. The number of nitrogens with one attached hydrogen (secondary N) is 1. The summed E-state index contributed by atoms with van der Waals surface area (Å²) < 4.78 is 16.7. The quantitative estimate of drug-likeness (QED) is 0.469. The smallest absolute Gasteiger partial charge is 0.357 e. The van der Waals surface area contributed by atoms with Crippen LogP contribution < -0.4 is 4.98 Å². The van der Waals surface area contributed by atoms with Gasteiger partial charge in [-0.15, -0.1) is 0 Å². The summed E-state index contributed by atoms with van der Waals surface area (Å²) in [6, 6.07) is 0. The molecule has 0 aromatic carbocycles. The first-order chi connectivity index (χ1) is 9.05. The van der Waals surface area contributed by atoms with Crippen LogP contribution in [-0.4, -0.2) is 34.7 Å². The van der Waals surface area contributed by atoms with Crippen molar-refractivity contribution in [3.05, 3.63) is 12.2 Å². The standard InChI is InChI=1S/C13H27NO4Si/c1-6-10-11-12(5)13(15)14-19(16-7-2,17-8-3)18-9-4/h5-11H2,1-4H3,(H,14,15). The molecule has 0 unspecified atom stereocenters. The largest absolute Gasteiger partial charge is 0.633 e. The first-order valence-corrected chi connectivity index (χ1v) is 8.69. The summed E-state index contributed by atoms with van der Waals surface area (Å²) in [5.41, 5.74) is 0.540. The molecule has 0 fully saturated rings. The molecule has 1 amide bonds. The maximum absolute atomic E-state index is 12.1. The highest BCUT2D eigenvalue weighted by atomic mass is 28.4. The minimum Gasteiger partial charge on any atom is -0.357 e. The molecule has 0 saturated carbocycles. The molecule has 1 N–H and O–H groups in total. The summed E-state index contributed by atoms with van der Waals surface area (Å²) in [6.07, 6.45) is 2.65. The fraction of sp³-hybridized carbons (Fsp3) is 0.769. The van der Waals surface area contributed by atoms with Crippen molar-refractivity contribution in [2.45, 2.75) is 47.0 Å². The molecule has 0 rings (SSSR count). The maximum atomic E-state index is 12.1. The van der Waals surface area contributed by atoms with Gasteiger partial charge in [-0.25, -0.2) is 0 Å². The molecule has 0 aliphatic rings. The Hall–Kier alpha value is -0.693. The van der Waals surface area contributed by atoms with Gasteiger partial charge in [-0.1, -0.05) is 19.9 Å². The molecule has 0 spiro atoms. The molecule has 0 radical (unpaired) electrons. The first kappa shape index (κ1) is 18.3. The fourth-order valence-corrected chi connectivity index (χ4v) is 3.60. The predicted molar refractivity (Wildman–Crippen MR) is 77.4 cm³/mol. The number of amides is 1. The lowest BCUT2D eigenvalue weighted by Gasteiger charge is -2.28. The Morgan fingerprint density at radius 1 is 1.05 bits per heavy atom. The van der Waals surface area contributed by atoms with Crippen molar-refractivity contribution in [3.8, 4) is 0 Å². The lowest BCUT2D eigenvalue weighted by Crippen LogP contribution is -2.61. The van der Waals surface area contributed by atoms with Crippen LogP contribution in [0.1, 0.15) is 47.0 Å². The molecular formula is C13H27NO4Si. The van der Waals surface area contributed by atoms with Gasteiger partial charge in [-0.05, 0) is 33.6 Å². The van der Waals surface area contributed by atoms with E-state index in [0.29, 0.717) is 31.8 Å². The molecule has 0 heterocycles. The van der Waals surface area contributed by atoms with E-state index in [-0.39, 0.29) is 5.91 Å². The van der Waals surface area contributed by atoms with Crippen molar-refractivity contribution in [3.63, 3.8) is 0 Å². The first-order valence-electron chi connectivity index (χ1n) is 6.97. The lowest BCUT2D eigenvalue weighted by molar-refractivity contribution is -0.117. The van der Waals surface area contributed by atoms with Crippen molar-refractivity contribution in [2.24, 2.45) is 0 Å². The minimum absolute atomic E-state index is 0.240. The van der Waals surface area contributed by atoms with E-state index < -0.39 is 8.97 Å². The second-order valence-corrected chi connectivity index (χ2v) is 6.24. The van der Waals surface area contributed by atoms with Crippen molar-refractivity contribution < 1.29 is 18.1 Å². The molecule has 0 aliphatic heterocycles. The monoisotopic (exact) mass is 289 g/mol. The van der Waals surface area contributed by atoms with Gasteiger partial charge in [0.05, 0.1) is 0 Å². The molecule has 112 valence electrons. The third-order valence-corrected chi connectivity index (χ3v) is 4.96. The molecule has 0 atom stereocenters. The van der Waals surface area contributed by atoms with E-state index in [2.05, 4.69) is 18.5 Å². The Labute approximate surface area is 117 Å². The van der Waals surface area contributed by atoms with Gasteiger partial charge in [0, 0.05) is 25.4 Å². The summed E-state index contributed by atoms with van der Waals surface area (Å²) in [5.74, 6) is -0.240. The van der Waals surface area contributed by atoms with Gasteiger partial charge >= 0.3 is 8.97 Å². The third-order valence-electron chi connectivity index (χ3n) is 2.42. The zero-order valence-corrected chi connectivity index (χ0v) is 13.6. The van der Waals surface area contributed by atoms with E-state index in [9.17, 15) is 4.79 Å². The van der Waals surface area contributed by atoms with E-state index in [0.717, 1.165) is 12.8 Å². The molecule has 5 nitrogen and oxygen atoms in total. The highest BCUT2D eigenvalue weighted by Gasteiger charge is 2.44. The van der Waals surface area contributed by atoms with Gasteiger partial charge in [0.15, 0.2) is 0 Å². The number of carbonyl (C=O) groups is 1. The second-order valence-electron chi connectivity index (χ2n) is 4.02. The number of unbranched alkanes of at least 4 members (excludes halogenated alkanes) is 1. The normalized spacial score (nSPS) is 11.4. The van der Waals surface area contributed by atoms with Crippen molar-refractivity contribution >= 4 is 14.9 Å². The van der Waals surface area contributed by atoms with Crippen LogP contribution in [0.2, 0.25) is 0 Å². The van der Waals surface area contributed by atoms with Crippen LogP contribution in [0, 0.1) is 0 Å². The van der Waals surface area contributed by atoms with Crippen LogP contribution in [-0.2, 0) is 18.1 Å². The lowest BCUT2D eigenvalue weighted by atomic mass is 10.1. The van der Waals surface area contributed by atoms with Gasteiger partial charge < -0.3 is 18.3 Å². The maximum Gasteiger partial charge on any atom is 0.633 e. The van der Waals surface area contributed by atoms with Crippen LogP contribution in [0.3, 0.4) is 0 Å². The molecule has 0 aliphatic carbocycles. The zero-order valence-electron chi connectivity index (χ0n) is 12.6. The average molecular weight is 289 g/mol. The molecule has 0 aromatic rings. The highest BCUT2D eigenvalue weighted by molar-refractivity contribution is 6.61. The average Bonchev–Trinajstić information content (AvgIpc) is 2.36. The number of hydrogen-bond donors (Lipinski definition) is 1. The molecule has 6 heteroatoms. The molecule has 0 aromatic heterocycles. The summed E-state index contributed by atoms with van der Waals surface area (Å²) in [7, 11) is -3.12. The zero-order chi connectivity index (χ0) is 14.7. The second kappa shape index (κ2) is 10.1. The van der Waals surface area contributed by atoms with Gasteiger partial charge in [0.25, 0.3) is 0 Å². The van der Waals surface area contributed by atoms with Gasteiger partial charge in [-0.2, -0.15) is 0 Å². The number of rotatable bonds is 11. The van der Waals surface area contributed by atoms with E-state index in [1.807, 2.05) is 20.8 Å². The van der Waals surface area contributed by atoms with E-state index >= 15 is 0 Å². The summed E-state index contributed by atoms with van der Waals surface area (Å²) in [6.45, 7) is 12.7. The van der Waals surface area contributed by atoms with Crippen LogP contribution in [0.5, 0.6) is 0 Å². The molecule has 0 bridgehead atoms. The Kier molecular flexibility index (Phi) is 9.77. The Morgan fingerprint density at radius 3 is 1.89 bits per heavy atom. The van der Waals surface area contributed by atoms with E-state index in [1.165, 1.54) is 0 Å². The Balaban J connectivity index is 4.68. The highest BCUT2D eigenvalue weighted by Crippen LogP contribution is 2.10. The van der Waals surface area contributed by atoms with Crippen LogP contribution in [0.4, 0.5) is 0 Å².